The van der Waals surface area contributed by atoms with Gasteiger partial charge in [0, 0.05) is 47.8 Å². The molecule has 0 radical (unpaired) electrons. The summed E-state index contributed by atoms with van der Waals surface area (Å²) in [5.74, 6) is 0.600. The highest BCUT2D eigenvalue weighted by Crippen LogP contribution is 2.66. The lowest BCUT2D eigenvalue weighted by Crippen LogP contribution is -2.35. The van der Waals surface area contributed by atoms with Gasteiger partial charge in [-0.3, -0.25) is 14.8 Å². The molecule has 2 aliphatic heterocycles. The highest BCUT2D eigenvalue weighted by Gasteiger charge is 2.65. The van der Waals surface area contributed by atoms with E-state index in [-0.39, 0.29) is 17.6 Å². The van der Waals surface area contributed by atoms with Crippen molar-refractivity contribution >= 4 is 34.6 Å². The molecular formula is C31H29FN4O3. The zero-order chi connectivity index (χ0) is 26.6. The number of fused-ring (bicyclic) bond motifs is 3. The molecule has 4 aromatic rings. The largest absolute Gasteiger partial charge is 0.496 e. The highest BCUT2D eigenvalue weighted by atomic mass is 19.1. The van der Waals surface area contributed by atoms with Crippen LogP contribution in [0.4, 0.5) is 10.1 Å². The molecule has 7 nitrogen and oxygen atoms in total. The molecule has 2 atom stereocenters. The maximum Gasteiger partial charge on any atom is 0.235 e. The SMILES string of the molecule is COc1cc2c(C=Cc3ccc(CN4CCOCC4)c(F)c3)n[nH]c2cc1[C@@H]1C[C@@]12C(=O)Nc1ccccc12. The molecule has 0 unspecified atom stereocenters. The second kappa shape index (κ2) is 9.32. The molecule has 2 N–H and O–H groups in total. The Kier molecular flexibility index (Phi) is 5.75. The average molecular weight is 525 g/mol. The van der Waals surface area contributed by atoms with E-state index in [1.54, 1.807) is 13.2 Å². The summed E-state index contributed by atoms with van der Waals surface area (Å²) in [6.07, 6.45) is 4.49. The zero-order valence-electron chi connectivity index (χ0n) is 21.7. The number of aromatic nitrogens is 2. The molecule has 39 heavy (non-hydrogen) atoms. The van der Waals surface area contributed by atoms with E-state index in [0.29, 0.717) is 25.3 Å². The molecule has 3 aromatic carbocycles. The third-order valence-corrected chi connectivity index (χ3v) is 8.35. The van der Waals surface area contributed by atoms with Crippen LogP contribution in [0.15, 0.2) is 54.6 Å². The minimum Gasteiger partial charge on any atom is -0.496 e. The molecule has 0 bridgehead atoms. The number of hydrogen-bond donors (Lipinski definition) is 2. The van der Waals surface area contributed by atoms with E-state index >= 15 is 0 Å². The summed E-state index contributed by atoms with van der Waals surface area (Å²) in [7, 11) is 1.65. The Morgan fingerprint density at radius 3 is 2.82 bits per heavy atom. The molecule has 1 saturated heterocycles. The lowest BCUT2D eigenvalue weighted by Gasteiger charge is -2.26. The van der Waals surface area contributed by atoms with Crippen LogP contribution in [0, 0.1) is 5.82 Å². The molecule has 3 heterocycles. The lowest BCUT2D eigenvalue weighted by molar-refractivity contribution is -0.118. The van der Waals surface area contributed by atoms with Crippen LogP contribution in [-0.2, 0) is 21.5 Å². The van der Waals surface area contributed by atoms with Crippen molar-refractivity contribution in [2.24, 2.45) is 0 Å². The van der Waals surface area contributed by atoms with Crippen LogP contribution in [-0.4, -0.2) is 54.4 Å². The number of rotatable bonds is 6. The van der Waals surface area contributed by atoms with E-state index in [0.717, 1.165) is 64.2 Å². The van der Waals surface area contributed by atoms with E-state index < -0.39 is 5.41 Å². The zero-order valence-corrected chi connectivity index (χ0v) is 21.7. The normalized spacial score (nSPS) is 22.5. The van der Waals surface area contributed by atoms with Gasteiger partial charge in [-0.25, -0.2) is 4.39 Å². The predicted octanol–water partition coefficient (Wildman–Crippen LogP) is 5.09. The Morgan fingerprint density at radius 1 is 1.15 bits per heavy atom. The van der Waals surface area contributed by atoms with Crippen molar-refractivity contribution in [3.8, 4) is 5.75 Å². The van der Waals surface area contributed by atoms with Gasteiger partial charge in [-0.1, -0.05) is 36.4 Å². The Labute approximate surface area is 225 Å². The number of halogens is 1. The number of anilines is 1. The number of ether oxygens (including phenoxy) is 2. The smallest absolute Gasteiger partial charge is 0.235 e. The second-order valence-corrected chi connectivity index (χ2v) is 10.5. The molecule has 1 saturated carbocycles. The summed E-state index contributed by atoms with van der Waals surface area (Å²) in [5, 5.41) is 11.6. The Morgan fingerprint density at radius 2 is 2.00 bits per heavy atom. The first-order valence-electron chi connectivity index (χ1n) is 13.3. The standard InChI is InChI=1S/C31H29FN4O3/c1-38-29-16-22-26(9-7-19-6-8-20(25(32)14-19)18-36-10-12-39-13-11-36)34-35-28(22)15-21(29)24-17-31(24)23-4-2-3-5-27(23)33-30(31)37/h2-9,14-16,24H,10-13,17-18H2,1H3,(H,33,37)(H,34,35)/t24-,31-/m0/s1. The van der Waals surface area contributed by atoms with Crippen LogP contribution in [0.1, 0.15) is 40.3 Å². The highest BCUT2D eigenvalue weighted by molar-refractivity contribution is 6.10. The van der Waals surface area contributed by atoms with E-state index in [4.69, 9.17) is 9.47 Å². The number of carbonyl (C=O) groups is 1. The maximum atomic E-state index is 14.8. The fourth-order valence-corrected chi connectivity index (χ4v) is 6.15. The van der Waals surface area contributed by atoms with Crippen molar-refractivity contribution in [3.05, 3.63) is 88.4 Å². The molecule has 198 valence electrons. The quantitative estimate of drug-likeness (QED) is 0.367. The van der Waals surface area contributed by atoms with Gasteiger partial charge in [0.2, 0.25) is 5.91 Å². The first-order valence-corrected chi connectivity index (χ1v) is 13.3. The van der Waals surface area contributed by atoms with E-state index in [9.17, 15) is 9.18 Å². The second-order valence-electron chi connectivity index (χ2n) is 10.5. The number of hydrogen-bond acceptors (Lipinski definition) is 5. The number of carbonyl (C=O) groups excluding carboxylic acids is 1. The number of nitrogens with zero attached hydrogens (tertiary/aromatic N) is 2. The summed E-state index contributed by atoms with van der Waals surface area (Å²) in [6.45, 7) is 3.61. The van der Waals surface area contributed by atoms with Crippen LogP contribution >= 0.6 is 0 Å². The molecule has 8 heteroatoms. The van der Waals surface area contributed by atoms with E-state index in [2.05, 4.69) is 20.4 Å². The third kappa shape index (κ3) is 4.02. The van der Waals surface area contributed by atoms with Gasteiger partial charge in [0.1, 0.15) is 11.6 Å². The third-order valence-electron chi connectivity index (χ3n) is 8.35. The molecule has 2 fully saturated rings. The van der Waals surface area contributed by atoms with Gasteiger partial charge in [-0.2, -0.15) is 5.10 Å². The average Bonchev–Trinajstić information content (AvgIpc) is 3.49. The van der Waals surface area contributed by atoms with Crippen LogP contribution in [0.3, 0.4) is 0 Å². The monoisotopic (exact) mass is 524 g/mol. The van der Waals surface area contributed by atoms with Crippen LogP contribution in [0.25, 0.3) is 23.1 Å². The number of benzene rings is 3. The molecular weight excluding hydrogens is 495 g/mol. The minimum absolute atomic E-state index is 0.0294. The van der Waals surface area contributed by atoms with Crippen LogP contribution in [0.2, 0.25) is 0 Å². The molecule has 1 aliphatic carbocycles. The van der Waals surface area contributed by atoms with Gasteiger partial charge in [0.25, 0.3) is 0 Å². The van der Waals surface area contributed by atoms with Crippen LogP contribution in [0.5, 0.6) is 5.75 Å². The van der Waals surface area contributed by atoms with E-state index in [1.165, 1.54) is 0 Å². The van der Waals surface area contributed by atoms with Crippen molar-refractivity contribution in [3.63, 3.8) is 0 Å². The van der Waals surface area contributed by atoms with E-state index in [1.807, 2.05) is 60.7 Å². The number of amides is 1. The van der Waals surface area contributed by atoms with Gasteiger partial charge < -0.3 is 14.8 Å². The number of nitrogens with one attached hydrogen (secondary N) is 2. The first kappa shape index (κ1) is 24.1. The van der Waals surface area contributed by atoms with Gasteiger partial charge in [-0.05, 0) is 47.9 Å². The summed E-state index contributed by atoms with van der Waals surface area (Å²) in [6, 6.07) is 17.3. The first-order chi connectivity index (χ1) is 19.1. The fourth-order valence-electron chi connectivity index (χ4n) is 6.15. The van der Waals surface area contributed by atoms with Crippen LogP contribution < -0.4 is 10.1 Å². The van der Waals surface area contributed by atoms with Crippen molar-refractivity contribution in [1.29, 1.82) is 0 Å². The van der Waals surface area contributed by atoms with Crippen molar-refractivity contribution in [2.45, 2.75) is 24.3 Å². The Hall–Kier alpha value is -4.01. The summed E-state index contributed by atoms with van der Waals surface area (Å²) < 4.78 is 26.0. The molecule has 3 aliphatic rings. The number of aromatic amines is 1. The number of methoxy groups -OCH3 is 1. The summed E-state index contributed by atoms with van der Waals surface area (Å²) in [5.41, 5.74) is 5.46. The van der Waals surface area contributed by atoms with Crippen molar-refractivity contribution in [1.82, 2.24) is 15.1 Å². The summed E-state index contributed by atoms with van der Waals surface area (Å²) >= 11 is 0. The van der Waals surface area contributed by atoms with Gasteiger partial charge in [0.15, 0.2) is 0 Å². The van der Waals surface area contributed by atoms with Gasteiger partial charge in [0.05, 0.1) is 36.9 Å². The Bertz CT molecular complexity index is 1620. The number of morpholine rings is 1. The van der Waals surface area contributed by atoms with Crippen molar-refractivity contribution < 1.29 is 18.7 Å². The number of para-hydroxylation sites is 1. The fraction of sp³-hybridized carbons (Fsp3) is 0.290. The number of H-pyrrole nitrogens is 1. The Balaban J connectivity index is 1.14. The van der Waals surface area contributed by atoms with Crippen molar-refractivity contribution in [2.75, 3.05) is 38.7 Å². The molecule has 7 rings (SSSR count). The van der Waals surface area contributed by atoms with Gasteiger partial charge in [-0.15, -0.1) is 0 Å². The maximum absolute atomic E-state index is 14.8. The molecule has 1 aromatic heterocycles. The predicted molar refractivity (Wildman–Crippen MR) is 148 cm³/mol. The minimum atomic E-state index is -0.543. The summed E-state index contributed by atoms with van der Waals surface area (Å²) in [4.78, 5) is 15.2. The lowest BCUT2D eigenvalue weighted by atomic mass is 9.91. The molecule has 1 spiro atoms. The van der Waals surface area contributed by atoms with Gasteiger partial charge >= 0.3 is 0 Å². The molecule has 1 amide bonds. The topological polar surface area (TPSA) is 79.5 Å².